The number of anilines is 1. The summed E-state index contributed by atoms with van der Waals surface area (Å²) in [6, 6.07) is 20.0. The highest BCUT2D eigenvalue weighted by Crippen LogP contribution is 2.25. The molecule has 0 spiro atoms. The molecule has 0 aliphatic carbocycles. The standard InChI is InChI=1S/C26H26N2O5S/c1-18-10-13-25(34(30,31)32)20(14-18)8-5-9-21-16-27-24-12-11-22(15-23(21)24)28-26(29)33-17-19-6-3-2-4-7-19/h2-4,6-7,10-16,27H,5,8-9,17H2,1H3,(H,28,29)(H,30,31,32). The summed E-state index contributed by atoms with van der Waals surface area (Å²) in [5.74, 6) is 0. The van der Waals surface area contributed by atoms with E-state index >= 15 is 0 Å². The predicted octanol–water partition coefficient (Wildman–Crippen LogP) is 5.65. The molecule has 4 aromatic rings. The van der Waals surface area contributed by atoms with Crippen LogP contribution in [0, 0.1) is 6.92 Å². The minimum Gasteiger partial charge on any atom is -0.444 e. The highest BCUT2D eigenvalue weighted by molar-refractivity contribution is 7.85. The Balaban J connectivity index is 1.41. The zero-order valence-corrected chi connectivity index (χ0v) is 19.6. The molecule has 0 unspecified atom stereocenters. The van der Waals surface area contributed by atoms with Crippen molar-refractivity contribution >= 4 is 32.8 Å². The second-order valence-electron chi connectivity index (χ2n) is 8.20. The third-order valence-electron chi connectivity index (χ3n) is 5.61. The average molecular weight is 479 g/mol. The summed E-state index contributed by atoms with van der Waals surface area (Å²) >= 11 is 0. The highest BCUT2D eigenvalue weighted by Gasteiger charge is 2.15. The first-order chi connectivity index (χ1) is 16.3. The van der Waals surface area contributed by atoms with Gasteiger partial charge in [-0.05, 0) is 67.1 Å². The lowest BCUT2D eigenvalue weighted by Crippen LogP contribution is -2.13. The number of hydrogen-bond donors (Lipinski definition) is 3. The van der Waals surface area contributed by atoms with Crippen LogP contribution in [0.5, 0.6) is 0 Å². The van der Waals surface area contributed by atoms with Crippen LogP contribution in [0.4, 0.5) is 10.5 Å². The topological polar surface area (TPSA) is 108 Å². The second-order valence-corrected chi connectivity index (χ2v) is 9.59. The van der Waals surface area contributed by atoms with E-state index in [9.17, 15) is 17.8 Å². The lowest BCUT2D eigenvalue weighted by atomic mass is 10.0. The number of benzene rings is 3. The molecule has 3 N–H and O–H groups in total. The second kappa shape index (κ2) is 10.1. The number of amides is 1. The molecule has 0 saturated heterocycles. The van der Waals surface area contributed by atoms with Gasteiger partial charge in [-0.2, -0.15) is 8.42 Å². The van der Waals surface area contributed by atoms with Crippen LogP contribution in [0.2, 0.25) is 0 Å². The third kappa shape index (κ3) is 5.84. The number of aromatic amines is 1. The van der Waals surface area contributed by atoms with Crippen molar-refractivity contribution in [3.8, 4) is 0 Å². The molecule has 0 radical (unpaired) electrons. The van der Waals surface area contributed by atoms with E-state index in [1.54, 1.807) is 18.2 Å². The molecule has 7 nitrogen and oxygen atoms in total. The van der Waals surface area contributed by atoms with E-state index in [-0.39, 0.29) is 11.5 Å². The average Bonchev–Trinajstić information content (AvgIpc) is 3.20. The van der Waals surface area contributed by atoms with Gasteiger partial charge in [-0.3, -0.25) is 9.87 Å². The third-order valence-corrected chi connectivity index (χ3v) is 6.57. The number of carbonyl (C=O) groups is 1. The fourth-order valence-corrected chi connectivity index (χ4v) is 4.70. The van der Waals surface area contributed by atoms with E-state index in [1.165, 1.54) is 6.07 Å². The molecule has 3 aromatic carbocycles. The molecule has 176 valence electrons. The molecule has 8 heteroatoms. The van der Waals surface area contributed by atoms with Crippen LogP contribution in [-0.4, -0.2) is 24.0 Å². The number of carbonyl (C=O) groups excluding carboxylic acids is 1. The van der Waals surface area contributed by atoms with E-state index in [2.05, 4.69) is 10.3 Å². The van der Waals surface area contributed by atoms with Gasteiger partial charge in [0.25, 0.3) is 10.1 Å². The van der Waals surface area contributed by atoms with Gasteiger partial charge in [0.05, 0.1) is 4.90 Å². The van der Waals surface area contributed by atoms with Gasteiger partial charge >= 0.3 is 6.09 Å². The van der Waals surface area contributed by atoms with E-state index in [1.807, 2.05) is 55.6 Å². The van der Waals surface area contributed by atoms with Gasteiger partial charge in [0.1, 0.15) is 6.61 Å². The van der Waals surface area contributed by atoms with E-state index in [4.69, 9.17) is 4.74 Å². The molecule has 1 heterocycles. The summed E-state index contributed by atoms with van der Waals surface area (Å²) in [7, 11) is -4.27. The molecule has 34 heavy (non-hydrogen) atoms. The molecule has 4 rings (SSSR count). The first-order valence-electron chi connectivity index (χ1n) is 10.9. The summed E-state index contributed by atoms with van der Waals surface area (Å²) in [4.78, 5) is 15.4. The van der Waals surface area contributed by atoms with Crippen molar-refractivity contribution in [3.05, 3.63) is 95.2 Å². The number of aryl methyl sites for hydroxylation is 3. The number of rotatable bonds is 8. The van der Waals surface area contributed by atoms with Gasteiger partial charge in [0.2, 0.25) is 0 Å². The molecule has 0 fully saturated rings. The van der Waals surface area contributed by atoms with Crippen molar-refractivity contribution in [2.24, 2.45) is 0 Å². The Bertz CT molecular complexity index is 1410. The van der Waals surface area contributed by atoms with Crippen molar-refractivity contribution in [1.82, 2.24) is 4.98 Å². The summed E-state index contributed by atoms with van der Waals surface area (Å²) in [5.41, 5.74) is 5.06. The fraction of sp³-hybridized carbons (Fsp3) is 0.192. The number of nitrogens with one attached hydrogen (secondary N) is 2. The lowest BCUT2D eigenvalue weighted by Gasteiger charge is -2.09. The molecule has 0 saturated carbocycles. The van der Waals surface area contributed by atoms with Crippen LogP contribution in [0.25, 0.3) is 10.9 Å². The van der Waals surface area contributed by atoms with Gasteiger partial charge in [0, 0.05) is 22.8 Å². The summed E-state index contributed by atoms with van der Waals surface area (Å²) < 4.78 is 38.2. The molecular weight excluding hydrogens is 452 g/mol. The first kappa shape index (κ1) is 23.5. The Kier molecular flexibility index (Phi) is 7.00. The minimum atomic E-state index is -4.27. The van der Waals surface area contributed by atoms with E-state index in [0.717, 1.165) is 27.6 Å². The fourth-order valence-electron chi connectivity index (χ4n) is 3.96. The van der Waals surface area contributed by atoms with Gasteiger partial charge in [-0.1, -0.05) is 48.0 Å². The Morgan fingerprint density at radius 3 is 2.53 bits per heavy atom. The maximum absolute atomic E-state index is 12.2. The molecule has 0 aliphatic heterocycles. The van der Waals surface area contributed by atoms with E-state index < -0.39 is 16.2 Å². The summed E-state index contributed by atoms with van der Waals surface area (Å²) in [5, 5.41) is 3.74. The quantitative estimate of drug-likeness (QED) is 0.284. The molecule has 1 aromatic heterocycles. The Morgan fingerprint density at radius 2 is 1.76 bits per heavy atom. The lowest BCUT2D eigenvalue weighted by molar-refractivity contribution is 0.155. The maximum Gasteiger partial charge on any atom is 0.411 e. The normalized spacial score (nSPS) is 11.5. The number of H-pyrrole nitrogens is 1. The zero-order chi connectivity index (χ0) is 24.1. The van der Waals surface area contributed by atoms with Crippen molar-refractivity contribution in [1.29, 1.82) is 0 Å². The molecular formula is C26H26N2O5S. The monoisotopic (exact) mass is 478 g/mol. The smallest absolute Gasteiger partial charge is 0.411 e. The summed E-state index contributed by atoms with van der Waals surface area (Å²) in [6.45, 7) is 2.07. The number of fused-ring (bicyclic) bond motifs is 1. The Hall–Kier alpha value is -3.62. The molecule has 0 aliphatic rings. The first-order valence-corrected chi connectivity index (χ1v) is 12.4. The van der Waals surface area contributed by atoms with Gasteiger partial charge in [-0.25, -0.2) is 4.79 Å². The highest BCUT2D eigenvalue weighted by atomic mass is 32.2. The largest absolute Gasteiger partial charge is 0.444 e. The SMILES string of the molecule is Cc1ccc(S(=O)(=O)O)c(CCCc2c[nH]c3ccc(NC(=O)OCc4ccccc4)cc23)c1. The van der Waals surface area contributed by atoms with Crippen molar-refractivity contribution < 1.29 is 22.5 Å². The van der Waals surface area contributed by atoms with Crippen molar-refractivity contribution in [3.63, 3.8) is 0 Å². The number of aromatic nitrogens is 1. The number of ether oxygens (including phenoxy) is 1. The predicted molar refractivity (Wildman–Crippen MR) is 132 cm³/mol. The van der Waals surface area contributed by atoms with Gasteiger partial charge in [0.15, 0.2) is 0 Å². The molecule has 0 atom stereocenters. The van der Waals surface area contributed by atoms with Crippen LogP contribution in [0.15, 0.2) is 77.8 Å². The Labute approximate surface area is 198 Å². The van der Waals surface area contributed by atoms with Gasteiger partial charge < -0.3 is 9.72 Å². The van der Waals surface area contributed by atoms with Crippen LogP contribution in [0.1, 0.15) is 28.7 Å². The number of hydrogen-bond acceptors (Lipinski definition) is 4. The maximum atomic E-state index is 12.2. The molecule has 1 amide bonds. The van der Waals surface area contributed by atoms with Crippen molar-refractivity contribution in [2.75, 3.05) is 5.32 Å². The van der Waals surface area contributed by atoms with Crippen LogP contribution >= 0.6 is 0 Å². The summed E-state index contributed by atoms with van der Waals surface area (Å²) in [6.07, 6.45) is 3.28. The zero-order valence-electron chi connectivity index (χ0n) is 18.7. The van der Waals surface area contributed by atoms with Crippen LogP contribution < -0.4 is 5.32 Å². The minimum absolute atomic E-state index is 0.0440. The van der Waals surface area contributed by atoms with Crippen LogP contribution in [0.3, 0.4) is 0 Å². The Morgan fingerprint density at radius 1 is 1.00 bits per heavy atom. The van der Waals surface area contributed by atoms with Crippen molar-refractivity contribution in [2.45, 2.75) is 37.7 Å². The van der Waals surface area contributed by atoms with Crippen LogP contribution in [-0.2, 0) is 34.3 Å². The molecule has 0 bridgehead atoms. The van der Waals surface area contributed by atoms with E-state index in [0.29, 0.717) is 30.5 Å². The van der Waals surface area contributed by atoms with Gasteiger partial charge in [-0.15, -0.1) is 0 Å².